The van der Waals surface area contributed by atoms with Crippen molar-refractivity contribution in [2.24, 2.45) is 17.8 Å². The Morgan fingerprint density at radius 3 is 2.17 bits per heavy atom. The van der Waals surface area contributed by atoms with E-state index in [1.165, 1.54) is 38.8 Å². The third-order valence-electron chi connectivity index (χ3n) is 6.58. The van der Waals surface area contributed by atoms with E-state index in [0.29, 0.717) is 18.2 Å². The maximum atomic E-state index is 12.6. The molecule has 3 saturated heterocycles. The van der Waals surface area contributed by atoms with Crippen molar-refractivity contribution in [1.29, 1.82) is 0 Å². The van der Waals surface area contributed by atoms with Gasteiger partial charge in [0, 0.05) is 19.5 Å². The van der Waals surface area contributed by atoms with E-state index in [9.17, 15) is 9.82 Å². The molecule has 0 bridgehead atoms. The zero-order valence-electron chi connectivity index (χ0n) is 15.3. The highest BCUT2D eigenvalue weighted by Crippen LogP contribution is 2.31. The molecule has 3 fully saturated rings. The van der Waals surface area contributed by atoms with Crippen LogP contribution >= 0.6 is 0 Å². The van der Waals surface area contributed by atoms with Crippen molar-refractivity contribution in [2.45, 2.75) is 51.8 Å². The van der Waals surface area contributed by atoms with Gasteiger partial charge in [0.05, 0.1) is 0 Å². The Bertz CT molecular complexity index is 399. The lowest BCUT2D eigenvalue weighted by molar-refractivity contribution is -0.134. The minimum atomic E-state index is -0.351. The van der Waals surface area contributed by atoms with E-state index in [1.54, 1.807) is 0 Å². The van der Waals surface area contributed by atoms with Crippen LogP contribution in [0.15, 0.2) is 0 Å². The SMILES string of the molecule is CB(O)N1CCC(CC(=O)N2CCC(C3CCNCC3)CC2)CC1. The number of rotatable bonds is 4. The van der Waals surface area contributed by atoms with Gasteiger partial charge in [-0.15, -0.1) is 0 Å². The minimum Gasteiger partial charge on any atom is -0.437 e. The molecule has 0 saturated carbocycles. The fraction of sp³-hybridized carbons (Fsp3) is 0.944. The van der Waals surface area contributed by atoms with E-state index in [0.717, 1.165) is 50.9 Å². The van der Waals surface area contributed by atoms with E-state index in [4.69, 9.17) is 0 Å². The molecule has 0 spiro atoms. The van der Waals surface area contributed by atoms with Crippen LogP contribution in [0.1, 0.15) is 44.9 Å². The lowest BCUT2D eigenvalue weighted by Crippen LogP contribution is -2.45. The van der Waals surface area contributed by atoms with Gasteiger partial charge in [-0.2, -0.15) is 0 Å². The Hall–Kier alpha value is -0.585. The molecule has 0 aliphatic carbocycles. The summed E-state index contributed by atoms with van der Waals surface area (Å²) in [6.07, 6.45) is 7.85. The number of likely N-dealkylation sites (tertiary alicyclic amines) is 1. The van der Waals surface area contributed by atoms with Crippen molar-refractivity contribution in [3.05, 3.63) is 0 Å². The Kier molecular flexibility index (Phi) is 6.59. The molecule has 0 aromatic heterocycles. The van der Waals surface area contributed by atoms with E-state index in [2.05, 4.69) is 15.0 Å². The molecule has 5 nitrogen and oxygen atoms in total. The zero-order valence-corrected chi connectivity index (χ0v) is 15.3. The number of carbonyl (C=O) groups excluding carboxylic acids is 1. The number of piperidine rings is 3. The minimum absolute atomic E-state index is 0.351. The normalized spacial score (nSPS) is 25.8. The van der Waals surface area contributed by atoms with E-state index in [-0.39, 0.29) is 7.05 Å². The van der Waals surface area contributed by atoms with Gasteiger partial charge in [-0.3, -0.25) is 4.79 Å². The van der Waals surface area contributed by atoms with Crippen molar-refractivity contribution in [3.8, 4) is 0 Å². The quantitative estimate of drug-likeness (QED) is 0.764. The van der Waals surface area contributed by atoms with Crippen LogP contribution in [0.4, 0.5) is 0 Å². The van der Waals surface area contributed by atoms with Gasteiger partial charge in [-0.1, -0.05) is 0 Å². The third-order valence-corrected chi connectivity index (χ3v) is 6.58. The van der Waals surface area contributed by atoms with Gasteiger partial charge in [0.2, 0.25) is 5.91 Å². The van der Waals surface area contributed by atoms with E-state index < -0.39 is 0 Å². The smallest absolute Gasteiger partial charge is 0.376 e. The van der Waals surface area contributed by atoms with Crippen molar-refractivity contribution < 1.29 is 9.82 Å². The number of nitrogens with one attached hydrogen (secondary N) is 1. The summed E-state index contributed by atoms with van der Waals surface area (Å²) in [5.74, 6) is 2.60. The highest BCUT2D eigenvalue weighted by Gasteiger charge is 2.31. The number of amides is 1. The molecule has 1 amide bonds. The average Bonchev–Trinajstić information content (AvgIpc) is 2.63. The standard InChI is InChI=1S/C18H34BN3O2/c1-19(24)22-12-4-15(5-13-22)14-18(23)21-10-6-17(7-11-21)16-2-8-20-9-3-16/h15-17,20,24H,2-14H2,1H3. The van der Waals surface area contributed by atoms with Crippen molar-refractivity contribution >= 4 is 13.0 Å². The fourth-order valence-corrected chi connectivity index (χ4v) is 4.84. The molecule has 2 N–H and O–H groups in total. The first-order chi connectivity index (χ1) is 11.6. The summed E-state index contributed by atoms with van der Waals surface area (Å²) < 4.78 is 0. The zero-order chi connectivity index (χ0) is 16.9. The van der Waals surface area contributed by atoms with Crippen LogP contribution in [0.3, 0.4) is 0 Å². The summed E-state index contributed by atoms with van der Waals surface area (Å²) in [6.45, 7) is 7.97. The molecule has 0 aromatic rings. The maximum absolute atomic E-state index is 12.6. The van der Waals surface area contributed by atoms with Crippen LogP contribution in [0.5, 0.6) is 0 Å². The Balaban J connectivity index is 1.38. The van der Waals surface area contributed by atoms with Crippen LogP contribution < -0.4 is 5.32 Å². The topological polar surface area (TPSA) is 55.8 Å². The molecule has 0 unspecified atom stereocenters. The van der Waals surface area contributed by atoms with E-state index in [1.807, 2.05) is 6.82 Å². The molecule has 6 heteroatoms. The van der Waals surface area contributed by atoms with Gasteiger partial charge in [-0.25, -0.2) is 0 Å². The average molecular weight is 335 g/mol. The molecule has 3 aliphatic rings. The first-order valence-corrected chi connectivity index (χ1v) is 10.0. The predicted octanol–water partition coefficient (Wildman–Crippen LogP) is 1.44. The Morgan fingerprint density at radius 2 is 1.58 bits per heavy atom. The second-order valence-corrected chi connectivity index (χ2v) is 8.12. The first-order valence-electron chi connectivity index (χ1n) is 10.0. The van der Waals surface area contributed by atoms with Crippen LogP contribution in [0, 0.1) is 17.8 Å². The highest BCUT2D eigenvalue weighted by molar-refractivity contribution is 6.45. The molecule has 3 rings (SSSR count). The van der Waals surface area contributed by atoms with Crippen LogP contribution in [0.25, 0.3) is 0 Å². The highest BCUT2D eigenvalue weighted by atomic mass is 16.2. The van der Waals surface area contributed by atoms with Crippen LogP contribution in [-0.4, -0.2) is 67.0 Å². The largest absolute Gasteiger partial charge is 0.437 e. The van der Waals surface area contributed by atoms with Gasteiger partial charge in [-0.05, 0) is 89.3 Å². The van der Waals surface area contributed by atoms with Gasteiger partial charge in [0.15, 0.2) is 0 Å². The second kappa shape index (κ2) is 8.68. The second-order valence-electron chi connectivity index (χ2n) is 8.12. The number of hydrogen-bond acceptors (Lipinski definition) is 4. The van der Waals surface area contributed by atoms with Gasteiger partial charge in [0.1, 0.15) is 0 Å². The summed E-state index contributed by atoms with van der Waals surface area (Å²) in [6, 6.07) is 0. The van der Waals surface area contributed by atoms with Crippen molar-refractivity contribution in [3.63, 3.8) is 0 Å². The molecule has 136 valence electrons. The first kappa shape index (κ1) is 18.2. The summed E-state index contributed by atoms with van der Waals surface area (Å²) in [5, 5.41) is 13.1. The molecule has 3 heterocycles. The third kappa shape index (κ3) is 4.74. The number of hydrogen-bond donors (Lipinski definition) is 2. The molecular weight excluding hydrogens is 301 g/mol. The fourth-order valence-electron chi connectivity index (χ4n) is 4.84. The lowest BCUT2D eigenvalue weighted by Gasteiger charge is -2.39. The number of carbonyl (C=O) groups is 1. The summed E-state index contributed by atoms with van der Waals surface area (Å²) in [7, 11) is -0.351. The molecule has 24 heavy (non-hydrogen) atoms. The number of nitrogens with zero attached hydrogens (tertiary/aromatic N) is 2. The summed E-state index contributed by atoms with van der Waals surface area (Å²) in [4.78, 5) is 16.8. The molecule has 0 radical (unpaired) electrons. The Labute approximate surface area is 147 Å². The molecule has 0 atom stereocenters. The predicted molar refractivity (Wildman–Crippen MR) is 97.6 cm³/mol. The van der Waals surface area contributed by atoms with Crippen LogP contribution in [-0.2, 0) is 4.79 Å². The van der Waals surface area contributed by atoms with Gasteiger partial charge >= 0.3 is 7.05 Å². The molecule has 3 aliphatic heterocycles. The Morgan fingerprint density at radius 1 is 1.00 bits per heavy atom. The van der Waals surface area contributed by atoms with Gasteiger partial charge < -0.3 is 20.1 Å². The summed E-state index contributed by atoms with van der Waals surface area (Å²) in [5.41, 5.74) is 0. The summed E-state index contributed by atoms with van der Waals surface area (Å²) >= 11 is 0. The lowest BCUT2D eigenvalue weighted by atomic mass is 9.79. The molecule has 0 aromatic carbocycles. The van der Waals surface area contributed by atoms with Gasteiger partial charge in [0.25, 0.3) is 0 Å². The van der Waals surface area contributed by atoms with E-state index >= 15 is 0 Å². The van der Waals surface area contributed by atoms with Crippen LogP contribution in [0.2, 0.25) is 6.82 Å². The maximum Gasteiger partial charge on any atom is 0.376 e. The van der Waals surface area contributed by atoms with Crippen molar-refractivity contribution in [1.82, 2.24) is 15.0 Å². The monoisotopic (exact) mass is 335 g/mol. The van der Waals surface area contributed by atoms with Crippen molar-refractivity contribution in [2.75, 3.05) is 39.3 Å². The molecular formula is C18H34BN3O2.